The van der Waals surface area contributed by atoms with E-state index in [0.717, 1.165) is 5.56 Å². The minimum absolute atomic E-state index is 0.00997. The molecule has 23 heavy (non-hydrogen) atoms. The van der Waals surface area contributed by atoms with Crippen LogP contribution in [0.3, 0.4) is 0 Å². The van der Waals surface area contributed by atoms with E-state index in [1.165, 1.54) is 17.0 Å². The monoisotopic (exact) mass is 331 g/mol. The summed E-state index contributed by atoms with van der Waals surface area (Å²) in [5, 5.41) is 5.17. The maximum Gasteiger partial charge on any atom is 0.248 e. The lowest BCUT2D eigenvalue weighted by Gasteiger charge is -2.22. The van der Waals surface area contributed by atoms with Crippen LogP contribution in [0.4, 0.5) is 5.69 Å². The molecule has 6 nitrogen and oxygen atoms in total. The highest BCUT2D eigenvalue weighted by Crippen LogP contribution is 2.32. The van der Waals surface area contributed by atoms with Gasteiger partial charge < -0.3 is 10.6 Å². The Morgan fingerprint density at radius 3 is 2.48 bits per heavy atom. The van der Waals surface area contributed by atoms with Crippen molar-refractivity contribution in [1.82, 2.24) is 0 Å². The number of fused-ring (bicyclic) bond motifs is 1. The average Bonchev–Trinajstić information content (AvgIpc) is 2.96. The normalized spacial score (nSPS) is 15.3. The summed E-state index contributed by atoms with van der Waals surface area (Å²) in [6.07, 6.45) is 0.660. The van der Waals surface area contributed by atoms with E-state index in [-0.39, 0.29) is 10.8 Å². The van der Waals surface area contributed by atoms with E-state index in [1.807, 2.05) is 18.2 Å². The topological polar surface area (TPSA) is 106 Å². The minimum atomic E-state index is -3.82. The molecule has 7 heteroatoms. The number of amides is 1. The Balaban J connectivity index is 1.94. The van der Waals surface area contributed by atoms with Crippen molar-refractivity contribution in [3.8, 4) is 0 Å². The molecule has 1 atom stereocenters. The molecule has 0 saturated carbocycles. The summed E-state index contributed by atoms with van der Waals surface area (Å²) in [5.41, 5.74) is 8.25. The fourth-order valence-corrected chi connectivity index (χ4v) is 3.27. The van der Waals surface area contributed by atoms with E-state index in [4.69, 9.17) is 10.9 Å². The Bertz CT molecular complexity index is 850. The molecule has 0 bridgehead atoms. The van der Waals surface area contributed by atoms with E-state index >= 15 is 0 Å². The molecule has 1 aliphatic rings. The molecule has 1 unspecified atom stereocenters. The van der Waals surface area contributed by atoms with Crippen molar-refractivity contribution in [2.45, 2.75) is 17.4 Å². The molecule has 2 aromatic carbocycles. The van der Waals surface area contributed by atoms with E-state index in [0.29, 0.717) is 24.2 Å². The van der Waals surface area contributed by atoms with Crippen molar-refractivity contribution in [2.24, 2.45) is 10.9 Å². The molecule has 0 saturated heterocycles. The van der Waals surface area contributed by atoms with Crippen LogP contribution in [0.15, 0.2) is 53.4 Å². The van der Waals surface area contributed by atoms with Crippen LogP contribution in [0.5, 0.6) is 0 Å². The summed E-state index contributed by atoms with van der Waals surface area (Å²) in [7, 11) is -3.82. The Kier molecular flexibility index (Phi) is 3.93. The van der Waals surface area contributed by atoms with Crippen molar-refractivity contribution >= 4 is 21.6 Å². The Morgan fingerprint density at radius 2 is 1.83 bits per heavy atom. The van der Waals surface area contributed by atoms with Crippen molar-refractivity contribution in [3.63, 3.8) is 0 Å². The Morgan fingerprint density at radius 1 is 1.13 bits per heavy atom. The first-order valence-electron chi connectivity index (χ1n) is 7.15. The number of primary sulfonamides is 1. The number of hydrogen-bond donors (Lipinski definition) is 2. The highest BCUT2D eigenvalue weighted by Gasteiger charge is 2.30. The predicted molar refractivity (Wildman–Crippen MR) is 87.2 cm³/mol. The van der Waals surface area contributed by atoms with Gasteiger partial charge in [0.15, 0.2) is 0 Å². The van der Waals surface area contributed by atoms with Gasteiger partial charge in [0.25, 0.3) is 0 Å². The molecular weight excluding hydrogens is 314 g/mol. The fraction of sp³-hybridized carbons (Fsp3) is 0.188. The predicted octanol–water partition coefficient (Wildman–Crippen LogP) is 0.923. The summed E-state index contributed by atoms with van der Waals surface area (Å²) < 4.78 is 23.0. The van der Waals surface area contributed by atoms with Crippen molar-refractivity contribution in [1.29, 1.82) is 0 Å². The van der Waals surface area contributed by atoms with Gasteiger partial charge in [-0.1, -0.05) is 36.4 Å². The van der Waals surface area contributed by atoms with Crippen molar-refractivity contribution < 1.29 is 13.2 Å². The number of anilines is 1. The summed E-state index contributed by atoms with van der Waals surface area (Å²) in [6, 6.07) is 12.9. The second-order valence-corrected chi connectivity index (χ2v) is 7.03. The van der Waals surface area contributed by atoms with Gasteiger partial charge in [-0.05, 0) is 29.7 Å². The molecule has 0 aromatic heterocycles. The van der Waals surface area contributed by atoms with Crippen LogP contribution in [0, 0.1) is 0 Å². The Hall–Kier alpha value is -2.22. The Labute approximate surface area is 134 Å². The van der Waals surface area contributed by atoms with E-state index < -0.39 is 16.1 Å². The van der Waals surface area contributed by atoms with Gasteiger partial charge in [0.2, 0.25) is 15.9 Å². The number of rotatable bonds is 3. The number of benzene rings is 2. The van der Waals surface area contributed by atoms with Crippen LogP contribution in [0.2, 0.25) is 0 Å². The number of nitrogens with zero attached hydrogens (tertiary/aromatic N) is 1. The maximum absolute atomic E-state index is 12.7. The molecule has 4 N–H and O–H groups in total. The van der Waals surface area contributed by atoms with Gasteiger partial charge in [0.1, 0.15) is 6.04 Å². The fourth-order valence-electron chi connectivity index (χ4n) is 2.74. The molecule has 0 aliphatic carbocycles. The zero-order valence-electron chi connectivity index (χ0n) is 12.3. The van der Waals surface area contributed by atoms with E-state index in [1.54, 1.807) is 18.2 Å². The first kappa shape index (κ1) is 15.7. The summed E-state index contributed by atoms with van der Waals surface area (Å²) in [6.45, 7) is 0.475. The first-order valence-corrected chi connectivity index (χ1v) is 8.70. The highest BCUT2D eigenvalue weighted by molar-refractivity contribution is 7.89. The molecular formula is C16H17N3O3S. The maximum atomic E-state index is 12.7. The molecule has 3 rings (SSSR count). The number of carbonyl (C=O) groups is 1. The van der Waals surface area contributed by atoms with Gasteiger partial charge in [0.05, 0.1) is 4.90 Å². The van der Waals surface area contributed by atoms with Crippen LogP contribution in [-0.4, -0.2) is 20.9 Å². The number of nitrogens with two attached hydrogens (primary N) is 2. The molecule has 0 radical (unpaired) electrons. The van der Waals surface area contributed by atoms with Gasteiger partial charge in [-0.15, -0.1) is 0 Å². The van der Waals surface area contributed by atoms with Crippen molar-refractivity contribution in [3.05, 3.63) is 59.7 Å². The molecule has 1 amide bonds. The van der Waals surface area contributed by atoms with Gasteiger partial charge in [0, 0.05) is 12.2 Å². The highest BCUT2D eigenvalue weighted by atomic mass is 32.2. The van der Waals surface area contributed by atoms with Gasteiger partial charge in [-0.25, -0.2) is 13.6 Å². The van der Waals surface area contributed by atoms with E-state index in [2.05, 4.69) is 0 Å². The lowest BCUT2D eigenvalue weighted by Crippen LogP contribution is -2.37. The third kappa shape index (κ3) is 2.98. The second kappa shape index (κ2) is 5.77. The molecule has 0 fully saturated rings. The van der Waals surface area contributed by atoms with Crippen molar-refractivity contribution in [2.75, 3.05) is 11.4 Å². The molecule has 120 valence electrons. The second-order valence-electron chi connectivity index (χ2n) is 5.46. The average molecular weight is 331 g/mol. The minimum Gasteiger partial charge on any atom is -0.316 e. The third-order valence-electron chi connectivity index (χ3n) is 3.97. The molecule has 1 heterocycles. The number of sulfonamides is 1. The molecule has 1 aliphatic heterocycles. The van der Waals surface area contributed by atoms with E-state index in [9.17, 15) is 13.2 Å². The van der Waals surface area contributed by atoms with Gasteiger partial charge in [-0.3, -0.25) is 4.79 Å². The lowest BCUT2D eigenvalue weighted by atomic mass is 10.1. The molecule has 2 aromatic rings. The number of carbonyl (C=O) groups excluding carboxylic acids is 1. The smallest absolute Gasteiger partial charge is 0.248 e. The lowest BCUT2D eigenvalue weighted by molar-refractivity contribution is -0.119. The zero-order chi connectivity index (χ0) is 16.6. The van der Waals surface area contributed by atoms with Crippen LogP contribution in [0.1, 0.15) is 17.2 Å². The van der Waals surface area contributed by atoms with Crippen LogP contribution in [-0.2, 0) is 21.2 Å². The van der Waals surface area contributed by atoms with Crippen LogP contribution in [0.25, 0.3) is 0 Å². The third-order valence-corrected chi connectivity index (χ3v) is 4.88. The largest absolute Gasteiger partial charge is 0.316 e. The van der Waals surface area contributed by atoms with Gasteiger partial charge in [-0.2, -0.15) is 0 Å². The quantitative estimate of drug-likeness (QED) is 0.872. The van der Waals surface area contributed by atoms with Crippen LogP contribution >= 0.6 is 0 Å². The van der Waals surface area contributed by atoms with Crippen LogP contribution < -0.4 is 15.8 Å². The zero-order valence-corrected chi connectivity index (χ0v) is 13.2. The summed E-state index contributed by atoms with van der Waals surface area (Å²) in [5.74, 6) is -0.262. The summed E-state index contributed by atoms with van der Waals surface area (Å²) in [4.78, 5) is 14.2. The standard InChI is InChI=1S/C16H17N3O3S/c17-15(12-4-2-1-3-5-12)16(20)19-9-8-11-6-7-13(10-14(11)19)23(18,21)22/h1-7,10,15H,8-9,17H2,(H2,18,21,22). The first-order chi connectivity index (χ1) is 10.9. The SMILES string of the molecule is NC(C(=O)N1CCc2ccc(S(N)(=O)=O)cc21)c1ccccc1. The molecule has 0 spiro atoms. The van der Waals surface area contributed by atoms with Gasteiger partial charge >= 0.3 is 0 Å². The number of hydrogen-bond acceptors (Lipinski definition) is 4. The summed E-state index contributed by atoms with van der Waals surface area (Å²) >= 11 is 0.